The van der Waals surface area contributed by atoms with Crippen molar-refractivity contribution in [2.75, 3.05) is 0 Å². The van der Waals surface area contributed by atoms with Gasteiger partial charge >= 0.3 is 0 Å². The van der Waals surface area contributed by atoms with Crippen LogP contribution in [0.3, 0.4) is 0 Å². The van der Waals surface area contributed by atoms with Crippen LogP contribution in [0.25, 0.3) is 17.1 Å². The number of thioether (sulfide) groups is 1. The number of hydrogen-bond acceptors (Lipinski definition) is 5. The Morgan fingerprint density at radius 2 is 1.53 bits per heavy atom. The second-order valence-electron chi connectivity index (χ2n) is 7.14. The molecule has 0 fully saturated rings. The van der Waals surface area contributed by atoms with Crippen LogP contribution in [0.15, 0.2) is 78.2 Å². The number of nitrogens with zero attached hydrogens (tertiary/aromatic N) is 5. The fraction of sp³-hybridized carbons (Fsp3) is 0.167. The predicted molar refractivity (Wildman–Crippen MR) is 119 cm³/mol. The van der Waals surface area contributed by atoms with Crippen molar-refractivity contribution in [1.82, 2.24) is 19.7 Å². The number of rotatable bonds is 6. The van der Waals surface area contributed by atoms with Crippen LogP contribution in [-0.4, -0.2) is 25.0 Å². The molecule has 1 unspecified atom stereocenters. The number of hydrogen-bond donors (Lipinski definition) is 0. The summed E-state index contributed by atoms with van der Waals surface area (Å²) in [5.41, 5.74) is 5.42. The lowest BCUT2D eigenvalue weighted by molar-refractivity contribution is 0.877. The van der Waals surface area contributed by atoms with E-state index in [0.29, 0.717) is 11.6 Å². The fourth-order valence-electron chi connectivity index (χ4n) is 3.14. The maximum absolute atomic E-state index is 9.79. The maximum Gasteiger partial charge on any atom is 0.197 e. The average molecular weight is 412 g/mol. The zero-order chi connectivity index (χ0) is 20.9. The van der Waals surface area contributed by atoms with Gasteiger partial charge in [0.15, 0.2) is 11.0 Å². The molecule has 0 N–H and O–H groups in total. The largest absolute Gasteiger partial charge is 0.270 e. The Morgan fingerprint density at radius 3 is 2.17 bits per heavy atom. The summed E-state index contributed by atoms with van der Waals surface area (Å²) in [7, 11) is 0. The van der Waals surface area contributed by atoms with E-state index in [0.717, 1.165) is 22.6 Å². The van der Waals surface area contributed by atoms with E-state index in [4.69, 9.17) is 0 Å². The topological polar surface area (TPSA) is 67.4 Å². The monoisotopic (exact) mass is 411 g/mol. The van der Waals surface area contributed by atoms with E-state index < -0.39 is 0 Å². The Labute approximate surface area is 180 Å². The molecular formula is C24H21N5S. The number of pyridine rings is 1. The van der Waals surface area contributed by atoms with Gasteiger partial charge in [-0.2, -0.15) is 5.26 Å². The zero-order valence-electron chi connectivity index (χ0n) is 16.9. The lowest BCUT2D eigenvalue weighted by atomic mass is 10.1. The minimum atomic E-state index is -0.272. The molecule has 0 aliphatic carbocycles. The molecule has 6 heteroatoms. The van der Waals surface area contributed by atoms with E-state index >= 15 is 0 Å². The van der Waals surface area contributed by atoms with E-state index in [1.807, 2.05) is 16.7 Å². The molecule has 0 spiro atoms. The predicted octanol–water partition coefficient (Wildman–Crippen LogP) is 5.17. The third-order valence-electron chi connectivity index (χ3n) is 4.80. The zero-order valence-corrected chi connectivity index (χ0v) is 17.7. The van der Waals surface area contributed by atoms with Crippen molar-refractivity contribution in [3.05, 3.63) is 89.7 Å². The van der Waals surface area contributed by atoms with Gasteiger partial charge in [0.05, 0.1) is 6.07 Å². The Hall–Kier alpha value is -3.43. The first-order chi connectivity index (χ1) is 14.6. The third-order valence-corrected chi connectivity index (χ3v) is 5.83. The molecule has 0 saturated carbocycles. The van der Waals surface area contributed by atoms with Crippen molar-refractivity contribution in [2.45, 2.75) is 30.7 Å². The molecule has 0 amide bonds. The normalized spacial score (nSPS) is 11.8. The van der Waals surface area contributed by atoms with Gasteiger partial charge in [0.2, 0.25) is 0 Å². The van der Waals surface area contributed by atoms with Crippen LogP contribution >= 0.6 is 11.8 Å². The summed E-state index contributed by atoms with van der Waals surface area (Å²) in [4.78, 5) is 4.10. The molecule has 2 heterocycles. The lowest BCUT2D eigenvalue weighted by Crippen LogP contribution is -2.07. The summed E-state index contributed by atoms with van der Waals surface area (Å²) in [5.74, 6) is 0.732. The van der Waals surface area contributed by atoms with Crippen LogP contribution in [0.1, 0.15) is 16.7 Å². The van der Waals surface area contributed by atoms with Crippen molar-refractivity contribution >= 4 is 11.8 Å². The fourth-order valence-corrected chi connectivity index (χ4v) is 4.11. The SMILES string of the molecule is Cc1ccc(CC(C#N)Sc2nnc(-c3ccncc3)n2-c2ccc(C)cc2)cc1. The summed E-state index contributed by atoms with van der Waals surface area (Å²) in [6.45, 7) is 4.12. The average Bonchev–Trinajstić information content (AvgIpc) is 3.19. The van der Waals surface area contributed by atoms with Crippen molar-refractivity contribution in [1.29, 1.82) is 5.26 Å². The highest BCUT2D eigenvalue weighted by molar-refractivity contribution is 8.00. The highest BCUT2D eigenvalue weighted by Gasteiger charge is 2.20. The Kier molecular flexibility index (Phi) is 5.92. The van der Waals surface area contributed by atoms with Gasteiger partial charge in [-0.05, 0) is 50.1 Å². The van der Waals surface area contributed by atoms with Gasteiger partial charge in [0.1, 0.15) is 5.25 Å². The van der Waals surface area contributed by atoms with Crippen LogP contribution in [0, 0.1) is 25.2 Å². The maximum atomic E-state index is 9.79. The van der Waals surface area contributed by atoms with Crippen LogP contribution in [0.4, 0.5) is 0 Å². The standard InChI is InChI=1S/C24H21N5S/c1-17-3-7-19(8-4-17)15-22(16-25)30-24-28-27-23(20-11-13-26-14-12-20)29(24)21-9-5-18(2)6-10-21/h3-14,22H,15H2,1-2H3. The Bertz CT molecular complexity index is 1160. The van der Waals surface area contributed by atoms with E-state index in [1.165, 1.54) is 22.9 Å². The van der Waals surface area contributed by atoms with E-state index in [2.05, 4.69) is 83.6 Å². The molecule has 2 aromatic heterocycles. The molecule has 0 saturated heterocycles. The molecule has 2 aromatic carbocycles. The lowest BCUT2D eigenvalue weighted by Gasteiger charge is -2.13. The van der Waals surface area contributed by atoms with Crippen LogP contribution in [0.5, 0.6) is 0 Å². The van der Waals surface area contributed by atoms with Gasteiger partial charge < -0.3 is 0 Å². The molecule has 0 aliphatic heterocycles. The molecule has 0 bridgehead atoms. The summed E-state index contributed by atoms with van der Waals surface area (Å²) < 4.78 is 2.01. The molecule has 5 nitrogen and oxygen atoms in total. The first kappa shape index (κ1) is 19.9. The molecule has 0 radical (unpaired) electrons. The van der Waals surface area contributed by atoms with Crippen LogP contribution in [0.2, 0.25) is 0 Å². The van der Waals surface area contributed by atoms with Gasteiger partial charge in [0.25, 0.3) is 0 Å². The Morgan fingerprint density at radius 1 is 0.900 bits per heavy atom. The first-order valence-corrected chi connectivity index (χ1v) is 10.6. The van der Waals surface area contributed by atoms with Gasteiger partial charge in [0, 0.05) is 23.6 Å². The minimum absolute atomic E-state index is 0.272. The van der Waals surface area contributed by atoms with Crippen molar-refractivity contribution in [2.24, 2.45) is 0 Å². The minimum Gasteiger partial charge on any atom is -0.270 e. The third kappa shape index (κ3) is 4.42. The molecule has 4 rings (SSSR count). The van der Waals surface area contributed by atoms with E-state index in [1.54, 1.807) is 12.4 Å². The summed E-state index contributed by atoms with van der Waals surface area (Å²) >= 11 is 1.44. The number of aromatic nitrogens is 4. The Balaban J connectivity index is 1.70. The quantitative estimate of drug-likeness (QED) is 0.409. The molecule has 4 aromatic rings. The second kappa shape index (κ2) is 8.93. The molecule has 1 atom stereocenters. The number of nitriles is 1. The number of aryl methyl sites for hydroxylation is 2. The van der Waals surface area contributed by atoms with Gasteiger partial charge in [-0.1, -0.05) is 59.3 Å². The molecule has 0 aliphatic rings. The van der Waals surface area contributed by atoms with Gasteiger partial charge in [-0.3, -0.25) is 9.55 Å². The van der Waals surface area contributed by atoms with E-state index in [9.17, 15) is 5.26 Å². The van der Waals surface area contributed by atoms with Gasteiger partial charge in [-0.15, -0.1) is 10.2 Å². The second-order valence-corrected chi connectivity index (χ2v) is 8.31. The van der Waals surface area contributed by atoms with Crippen molar-refractivity contribution in [3.8, 4) is 23.1 Å². The van der Waals surface area contributed by atoms with Crippen LogP contribution < -0.4 is 0 Å². The highest BCUT2D eigenvalue weighted by atomic mass is 32.2. The van der Waals surface area contributed by atoms with E-state index in [-0.39, 0.29) is 5.25 Å². The molecule has 30 heavy (non-hydrogen) atoms. The van der Waals surface area contributed by atoms with Crippen molar-refractivity contribution in [3.63, 3.8) is 0 Å². The highest BCUT2D eigenvalue weighted by Crippen LogP contribution is 2.31. The smallest absolute Gasteiger partial charge is 0.197 e. The summed E-state index contributed by atoms with van der Waals surface area (Å²) in [6.07, 6.45) is 4.13. The molecular weight excluding hydrogens is 390 g/mol. The molecule has 148 valence electrons. The summed E-state index contributed by atoms with van der Waals surface area (Å²) in [6, 6.07) is 22.8. The van der Waals surface area contributed by atoms with Crippen molar-refractivity contribution < 1.29 is 0 Å². The van der Waals surface area contributed by atoms with Crippen LogP contribution in [-0.2, 0) is 6.42 Å². The number of benzene rings is 2. The van der Waals surface area contributed by atoms with Gasteiger partial charge in [-0.25, -0.2) is 0 Å². The first-order valence-electron chi connectivity index (χ1n) is 9.69. The summed E-state index contributed by atoms with van der Waals surface area (Å²) in [5, 5.41) is 19.1.